The average Bonchev–Trinajstić information content (AvgIpc) is 3.09. The van der Waals surface area contributed by atoms with Crippen LogP contribution in [0.25, 0.3) is 0 Å². The molecule has 0 aliphatic heterocycles. The molecule has 0 aliphatic carbocycles. The zero-order valence-electron chi connectivity index (χ0n) is 14.6. The molecule has 0 aliphatic rings. The van der Waals surface area contributed by atoms with Gasteiger partial charge in [0, 0.05) is 38.7 Å². The zero-order chi connectivity index (χ0) is 17.2. The monoisotopic (exact) mass is 477 g/mol. The second-order valence-corrected chi connectivity index (χ2v) is 5.87. The number of ether oxygens (including phenoxy) is 1. The van der Waals surface area contributed by atoms with Gasteiger partial charge in [-0.15, -0.1) is 24.0 Å². The maximum absolute atomic E-state index is 5.94. The molecule has 138 valence electrons. The number of benzene rings is 1. The smallest absolute Gasteiger partial charge is 0.194 e. The number of guanidine groups is 1. The van der Waals surface area contributed by atoms with Crippen molar-refractivity contribution in [1.82, 2.24) is 10.2 Å². The fourth-order valence-corrected chi connectivity index (χ4v) is 2.37. The maximum Gasteiger partial charge on any atom is 0.194 e. The number of nitrogens with zero attached hydrogens (tertiary/aromatic N) is 2. The molecule has 1 aromatic heterocycles. The van der Waals surface area contributed by atoms with E-state index in [4.69, 9.17) is 20.8 Å². The highest BCUT2D eigenvalue weighted by molar-refractivity contribution is 14.0. The van der Waals surface area contributed by atoms with E-state index in [2.05, 4.69) is 15.2 Å². The van der Waals surface area contributed by atoms with E-state index in [-0.39, 0.29) is 24.0 Å². The van der Waals surface area contributed by atoms with Gasteiger partial charge < -0.3 is 19.4 Å². The number of rotatable bonds is 8. The van der Waals surface area contributed by atoms with Gasteiger partial charge in [0.05, 0.1) is 19.4 Å². The third kappa shape index (κ3) is 8.11. The Morgan fingerprint density at radius 1 is 1.28 bits per heavy atom. The standard InChI is InChI=1S/C18H24ClN3O2.HI/c1-22(14-15-5-7-16(19)8-6-15)18(21-11-13-23-2)20-10-9-17-4-3-12-24-17;/h3-8,12H,9-11,13-14H2,1-2H3,(H,20,21);1H. The molecule has 2 rings (SSSR count). The number of hydrogen-bond donors (Lipinski definition) is 1. The highest BCUT2D eigenvalue weighted by Crippen LogP contribution is 2.11. The lowest BCUT2D eigenvalue weighted by Crippen LogP contribution is -2.39. The molecule has 0 radical (unpaired) electrons. The SMILES string of the molecule is COCCN=C(NCCc1ccco1)N(C)Cc1ccc(Cl)cc1.I. The molecule has 0 atom stereocenters. The second kappa shape index (κ2) is 12.2. The largest absolute Gasteiger partial charge is 0.469 e. The van der Waals surface area contributed by atoms with Crippen molar-refractivity contribution < 1.29 is 9.15 Å². The molecule has 0 saturated carbocycles. The summed E-state index contributed by atoms with van der Waals surface area (Å²) in [6.45, 7) is 2.71. The van der Waals surface area contributed by atoms with Crippen LogP contribution in [0.2, 0.25) is 5.02 Å². The van der Waals surface area contributed by atoms with Gasteiger partial charge in [-0.1, -0.05) is 23.7 Å². The molecular weight excluding hydrogens is 453 g/mol. The van der Waals surface area contributed by atoms with Crippen LogP contribution in [0.4, 0.5) is 0 Å². The van der Waals surface area contributed by atoms with E-state index >= 15 is 0 Å². The first kappa shape index (κ1) is 21.8. The summed E-state index contributed by atoms with van der Waals surface area (Å²) in [7, 11) is 3.69. The van der Waals surface area contributed by atoms with Gasteiger partial charge in [0.25, 0.3) is 0 Å². The number of methoxy groups -OCH3 is 1. The summed E-state index contributed by atoms with van der Waals surface area (Å²) in [5.74, 6) is 1.80. The van der Waals surface area contributed by atoms with Crippen LogP contribution in [0.5, 0.6) is 0 Å². The van der Waals surface area contributed by atoms with Crippen molar-refractivity contribution in [1.29, 1.82) is 0 Å². The second-order valence-electron chi connectivity index (χ2n) is 5.44. The van der Waals surface area contributed by atoms with E-state index in [1.54, 1.807) is 13.4 Å². The Balaban J connectivity index is 0.00000312. The Labute approximate surface area is 171 Å². The molecule has 0 unspecified atom stereocenters. The number of nitrogens with one attached hydrogen (secondary N) is 1. The van der Waals surface area contributed by atoms with Crippen molar-refractivity contribution in [3.05, 3.63) is 59.0 Å². The van der Waals surface area contributed by atoms with Gasteiger partial charge in [0.15, 0.2) is 5.96 Å². The Morgan fingerprint density at radius 3 is 2.68 bits per heavy atom. The van der Waals surface area contributed by atoms with Crippen LogP contribution in [0.15, 0.2) is 52.1 Å². The minimum atomic E-state index is 0. The highest BCUT2D eigenvalue weighted by Gasteiger charge is 2.07. The van der Waals surface area contributed by atoms with Gasteiger partial charge >= 0.3 is 0 Å². The predicted molar refractivity (Wildman–Crippen MR) is 113 cm³/mol. The fraction of sp³-hybridized carbons (Fsp3) is 0.389. The Hall–Kier alpha value is -1.25. The van der Waals surface area contributed by atoms with Crippen LogP contribution >= 0.6 is 35.6 Å². The average molecular weight is 478 g/mol. The van der Waals surface area contributed by atoms with Gasteiger partial charge in [0.1, 0.15) is 5.76 Å². The molecule has 25 heavy (non-hydrogen) atoms. The minimum absolute atomic E-state index is 0. The van der Waals surface area contributed by atoms with Gasteiger partial charge in [-0.2, -0.15) is 0 Å². The third-order valence-corrected chi connectivity index (χ3v) is 3.74. The topological polar surface area (TPSA) is 50.0 Å². The minimum Gasteiger partial charge on any atom is -0.469 e. The molecule has 1 heterocycles. The molecule has 0 amide bonds. The zero-order valence-corrected chi connectivity index (χ0v) is 17.7. The van der Waals surface area contributed by atoms with E-state index < -0.39 is 0 Å². The summed E-state index contributed by atoms with van der Waals surface area (Å²) in [4.78, 5) is 6.68. The van der Waals surface area contributed by atoms with Gasteiger partial charge in [0.2, 0.25) is 0 Å². The van der Waals surface area contributed by atoms with Gasteiger partial charge in [-0.25, -0.2) is 0 Å². The third-order valence-electron chi connectivity index (χ3n) is 3.49. The van der Waals surface area contributed by atoms with Crippen LogP contribution in [-0.4, -0.2) is 44.7 Å². The summed E-state index contributed by atoms with van der Waals surface area (Å²) >= 11 is 5.94. The van der Waals surface area contributed by atoms with E-state index in [0.717, 1.165) is 36.3 Å². The molecule has 0 bridgehead atoms. The predicted octanol–water partition coefficient (Wildman–Crippen LogP) is 3.82. The summed E-state index contributed by atoms with van der Waals surface area (Å²) in [5.41, 5.74) is 1.18. The lowest BCUT2D eigenvalue weighted by Gasteiger charge is -2.22. The van der Waals surface area contributed by atoms with Crippen molar-refractivity contribution in [2.45, 2.75) is 13.0 Å². The van der Waals surface area contributed by atoms with Crippen LogP contribution in [0.3, 0.4) is 0 Å². The van der Waals surface area contributed by atoms with Crippen molar-refractivity contribution in [2.24, 2.45) is 4.99 Å². The summed E-state index contributed by atoms with van der Waals surface area (Å²) in [6.07, 6.45) is 2.50. The number of halogens is 2. The molecule has 1 aromatic carbocycles. The number of aliphatic imine (C=N–C) groups is 1. The van der Waals surface area contributed by atoms with Crippen molar-refractivity contribution >= 4 is 41.5 Å². The number of hydrogen-bond acceptors (Lipinski definition) is 3. The normalized spacial score (nSPS) is 11.1. The van der Waals surface area contributed by atoms with E-state index in [0.29, 0.717) is 13.2 Å². The van der Waals surface area contributed by atoms with Crippen LogP contribution < -0.4 is 5.32 Å². The fourth-order valence-electron chi connectivity index (χ4n) is 2.25. The van der Waals surface area contributed by atoms with Crippen LogP contribution in [-0.2, 0) is 17.7 Å². The van der Waals surface area contributed by atoms with Crippen molar-refractivity contribution in [2.75, 3.05) is 33.9 Å². The van der Waals surface area contributed by atoms with Gasteiger partial charge in [-0.05, 0) is 29.8 Å². The first-order valence-corrected chi connectivity index (χ1v) is 8.32. The summed E-state index contributed by atoms with van der Waals surface area (Å²) < 4.78 is 10.4. The molecular formula is C18H25ClIN3O2. The molecule has 0 spiro atoms. The van der Waals surface area contributed by atoms with E-state index in [9.17, 15) is 0 Å². The lowest BCUT2D eigenvalue weighted by atomic mass is 10.2. The van der Waals surface area contributed by atoms with E-state index in [1.165, 1.54) is 5.56 Å². The maximum atomic E-state index is 5.94. The Bertz CT molecular complexity index is 618. The van der Waals surface area contributed by atoms with E-state index in [1.807, 2.05) is 43.4 Å². The Morgan fingerprint density at radius 2 is 2.04 bits per heavy atom. The molecule has 7 heteroatoms. The first-order chi connectivity index (χ1) is 11.7. The van der Waals surface area contributed by atoms with Gasteiger partial charge in [-0.3, -0.25) is 4.99 Å². The van der Waals surface area contributed by atoms with Crippen molar-refractivity contribution in [3.63, 3.8) is 0 Å². The summed E-state index contributed by atoms with van der Waals surface area (Å²) in [6, 6.07) is 11.7. The number of furan rings is 1. The highest BCUT2D eigenvalue weighted by atomic mass is 127. The van der Waals surface area contributed by atoms with Crippen LogP contribution in [0.1, 0.15) is 11.3 Å². The molecule has 1 N–H and O–H groups in total. The molecule has 2 aromatic rings. The van der Waals surface area contributed by atoms with Crippen molar-refractivity contribution in [3.8, 4) is 0 Å². The lowest BCUT2D eigenvalue weighted by molar-refractivity contribution is 0.207. The molecule has 0 saturated heterocycles. The Kier molecular flexibility index (Phi) is 10.6. The first-order valence-electron chi connectivity index (χ1n) is 7.94. The molecule has 0 fully saturated rings. The quantitative estimate of drug-likeness (QED) is 0.272. The summed E-state index contributed by atoms with van der Waals surface area (Å²) in [5, 5.41) is 4.13. The van der Waals surface area contributed by atoms with Crippen LogP contribution in [0, 0.1) is 0 Å². The molecule has 5 nitrogen and oxygen atoms in total.